The number of carbonyl (C=O) groups excluding carboxylic acids is 1. The fourth-order valence-corrected chi connectivity index (χ4v) is 2.56. The van der Waals surface area contributed by atoms with Gasteiger partial charge < -0.3 is 9.84 Å². The van der Waals surface area contributed by atoms with Crippen LogP contribution in [0.5, 0.6) is 11.5 Å². The average molecular weight is 330 g/mol. The molecule has 3 aromatic carbocycles. The van der Waals surface area contributed by atoms with Crippen molar-refractivity contribution in [3.8, 4) is 11.5 Å². The van der Waals surface area contributed by atoms with Gasteiger partial charge in [0.1, 0.15) is 18.1 Å². The van der Waals surface area contributed by atoms with E-state index in [0.29, 0.717) is 17.9 Å². The summed E-state index contributed by atoms with van der Waals surface area (Å²) in [6.07, 6.45) is 1.78. The third-order valence-electron chi connectivity index (χ3n) is 3.92. The maximum atomic E-state index is 12.4. The molecule has 0 fully saturated rings. The van der Waals surface area contributed by atoms with Gasteiger partial charge in [0.15, 0.2) is 5.78 Å². The van der Waals surface area contributed by atoms with E-state index in [-0.39, 0.29) is 17.1 Å². The lowest BCUT2D eigenvalue weighted by molar-refractivity contribution is 0.103. The lowest BCUT2D eigenvalue weighted by atomic mass is 10.0. The molecule has 3 aromatic rings. The molecule has 124 valence electrons. The Labute approximate surface area is 146 Å². The van der Waals surface area contributed by atoms with Gasteiger partial charge in [-0.15, -0.1) is 0 Å². The molecule has 0 saturated carbocycles. The van der Waals surface area contributed by atoms with Gasteiger partial charge >= 0.3 is 0 Å². The van der Waals surface area contributed by atoms with Crippen LogP contribution < -0.4 is 4.74 Å². The fraction of sp³-hybridized carbons (Fsp3) is 0.0455. The molecule has 0 saturated heterocycles. The number of hydrogen-bond donors (Lipinski definition) is 1. The summed E-state index contributed by atoms with van der Waals surface area (Å²) in [4.78, 5) is 12.4. The van der Waals surface area contributed by atoms with Gasteiger partial charge in [0.05, 0.1) is 5.56 Å². The minimum Gasteiger partial charge on any atom is -0.507 e. The third-order valence-corrected chi connectivity index (χ3v) is 3.92. The molecule has 0 bridgehead atoms. The Kier molecular flexibility index (Phi) is 4.95. The van der Waals surface area contributed by atoms with Crippen molar-refractivity contribution in [1.29, 1.82) is 0 Å². The summed E-state index contributed by atoms with van der Waals surface area (Å²) in [5, 5.41) is 10.2. The summed E-state index contributed by atoms with van der Waals surface area (Å²) in [6, 6.07) is 21.4. The van der Waals surface area contributed by atoms with Crippen molar-refractivity contribution in [1.82, 2.24) is 0 Å². The molecule has 3 heteroatoms. The normalized spacial score (nSPS) is 10.2. The van der Waals surface area contributed by atoms with Crippen molar-refractivity contribution in [2.75, 3.05) is 0 Å². The fourth-order valence-electron chi connectivity index (χ4n) is 2.56. The van der Waals surface area contributed by atoms with Crippen molar-refractivity contribution in [2.45, 2.75) is 6.61 Å². The Morgan fingerprint density at radius 1 is 1.00 bits per heavy atom. The van der Waals surface area contributed by atoms with Gasteiger partial charge in [0.2, 0.25) is 0 Å². The van der Waals surface area contributed by atoms with Crippen LogP contribution in [0, 0.1) is 0 Å². The number of phenolic OH excluding ortho intramolecular Hbond substituents is 1. The monoisotopic (exact) mass is 330 g/mol. The molecular weight excluding hydrogens is 312 g/mol. The number of carbonyl (C=O) groups is 1. The lowest BCUT2D eigenvalue weighted by Crippen LogP contribution is -2.02. The first-order valence-electron chi connectivity index (χ1n) is 7.95. The summed E-state index contributed by atoms with van der Waals surface area (Å²) in [5.74, 6) is 0.186. The van der Waals surface area contributed by atoms with E-state index >= 15 is 0 Å². The quantitative estimate of drug-likeness (QED) is 0.658. The van der Waals surface area contributed by atoms with Gasteiger partial charge in [0, 0.05) is 11.6 Å². The zero-order valence-electron chi connectivity index (χ0n) is 13.7. The minimum atomic E-state index is -0.221. The average Bonchev–Trinajstić information content (AvgIpc) is 2.67. The highest BCUT2D eigenvalue weighted by molar-refractivity contribution is 6.10. The van der Waals surface area contributed by atoms with Gasteiger partial charge in [-0.05, 0) is 23.3 Å². The molecule has 0 aliphatic rings. The maximum absolute atomic E-state index is 12.4. The summed E-state index contributed by atoms with van der Waals surface area (Å²) >= 11 is 0. The van der Waals surface area contributed by atoms with Crippen LogP contribution in [0.25, 0.3) is 6.08 Å². The molecule has 0 radical (unpaired) electrons. The molecule has 3 rings (SSSR count). The van der Waals surface area contributed by atoms with Crippen molar-refractivity contribution in [3.63, 3.8) is 0 Å². The van der Waals surface area contributed by atoms with Crippen LogP contribution in [0.3, 0.4) is 0 Å². The Morgan fingerprint density at radius 2 is 1.72 bits per heavy atom. The zero-order valence-corrected chi connectivity index (χ0v) is 13.7. The molecule has 0 heterocycles. The first-order valence-corrected chi connectivity index (χ1v) is 7.95. The summed E-state index contributed by atoms with van der Waals surface area (Å²) < 4.78 is 5.74. The highest BCUT2D eigenvalue weighted by Crippen LogP contribution is 2.26. The van der Waals surface area contributed by atoms with Crippen LogP contribution in [0.1, 0.15) is 27.0 Å². The van der Waals surface area contributed by atoms with Crippen LogP contribution in [0.2, 0.25) is 0 Å². The number of phenols is 1. The Balaban J connectivity index is 1.76. The molecule has 0 aliphatic carbocycles. The SMILES string of the molecule is C=Cc1ccccc1COc1ccc(C(=O)c2ccccc2)c(O)c1. The van der Waals surface area contributed by atoms with Crippen molar-refractivity contribution in [2.24, 2.45) is 0 Å². The van der Waals surface area contributed by atoms with Gasteiger partial charge in [-0.25, -0.2) is 0 Å². The zero-order chi connectivity index (χ0) is 17.6. The van der Waals surface area contributed by atoms with E-state index in [2.05, 4.69) is 6.58 Å². The molecule has 0 atom stereocenters. The highest BCUT2D eigenvalue weighted by Gasteiger charge is 2.14. The molecule has 25 heavy (non-hydrogen) atoms. The summed E-state index contributed by atoms with van der Waals surface area (Å²) in [7, 11) is 0. The van der Waals surface area contributed by atoms with Crippen LogP contribution in [-0.4, -0.2) is 10.9 Å². The predicted molar refractivity (Wildman–Crippen MR) is 98.8 cm³/mol. The number of rotatable bonds is 6. The van der Waals surface area contributed by atoms with E-state index in [1.807, 2.05) is 30.3 Å². The van der Waals surface area contributed by atoms with Gasteiger partial charge in [0.25, 0.3) is 0 Å². The van der Waals surface area contributed by atoms with Crippen LogP contribution in [-0.2, 0) is 6.61 Å². The molecule has 0 spiro atoms. The van der Waals surface area contributed by atoms with E-state index in [4.69, 9.17) is 4.74 Å². The second kappa shape index (κ2) is 7.49. The van der Waals surface area contributed by atoms with E-state index in [1.165, 1.54) is 6.07 Å². The molecule has 0 aliphatic heterocycles. The van der Waals surface area contributed by atoms with Gasteiger partial charge in [-0.2, -0.15) is 0 Å². The van der Waals surface area contributed by atoms with E-state index in [0.717, 1.165) is 11.1 Å². The molecule has 0 amide bonds. The number of ether oxygens (including phenoxy) is 1. The standard InChI is InChI=1S/C22H18O3/c1-2-16-8-6-7-11-18(16)15-25-19-12-13-20(21(23)14-19)22(24)17-9-4-3-5-10-17/h2-14,23H,1,15H2. The van der Waals surface area contributed by atoms with E-state index in [9.17, 15) is 9.90 Å². The number of aromatic hydroxyl groups is 1. The van der Waals surface area contributed by atoms with Crippen LogP contribution in [0.4, 0.5) is 0 Å². The first kappa shape index (κ1) is 16.5. The molecule has 0 unspecified atom stereocenters. The number of hydrogen-bond acceptors (Lipinski definition) is 3. The van der Waals surface area contributed by atoms with Gasteiger partial charge in [-0.3, -0.25) is 4.79 Å². The number of benzene rings is 3. The lowest BCUT2D eigenvalue weighted by Gasteiger charge is -2.10. The smallest absolute Gasteiger partial charge is 0.196 e. The van der Waals surface area contributed by atoms with Gasteiger partial charge in [-0.1, -0.05) is 67.3 Å². The van der Waals surface area contributed by atoms with E-state index in [1.54, 1.807) is 42.5 Å². The minimum absolute atomic E-state index is 0.0941. The van der Waals surface area contributed by atoms with E-state index < -0.39 is 0 Å². The molecule has 1 N–H and O–H groups in total. The van der Waals surface area contributed by atoms with Crippen LogP contribution >= 0.6 is 0 Å². The topological polar surface area (TPSA) is 46.5 Å². The Morgan fingerprint density at radius 3 is 2.44 bits per heavy atom. The number of ketones is 1. The predicted octanol–water partition coefficient (Wildman–Crippen LogP) is 4.85. The summed E-state index contributed by atoms with van der Waals surface area (Å²) in [6.45, 7) is 4.14. The highest BCUT2D eigenvalue weighted by atomic mass is 16.5. The third kappa shape index (κ3) is 3.78. The first-order chi connectivity index (χ1) is 12.2. The summed E-state index contributed by atoms with van der Waals surface area (Å²) in [5.41, 5.74) is 2.79. The Bertz CT molecular complexity index is 898. The van der Waals surface area contributed by atoms with Crippen molar-refractivity contribution >= 4 is 11.9 Å². The maximum Gasteiger partial charge on any atom is 0.196 e. The molecule has 3 nitrogen and oxygen atoms in total. The van der Waals surface area contributed by atoms with Crippen LogP contribution in [0.15, 0.2) is 79.4 Å². The molecular formula is C22H18O3. The van der Waals surface area contributed by atoms with Crippen molar-refractivity contribution in [3.05, 3.63) is 102 Å². The largest absolute Gasteiger partial charge is 0.507 e. The Hall–Kier alpha value is -3.33. The second-order valence-corrected chi connectivity index (χ2v) is 5.57. The van der Waals surface area contributed by atoms with Crippen molar-refractivity contribution < 1.29 is 14.6 Å². The molecule has 0 aromatic heterocycles. The second-order valence-electron chi connectivity index (χ2n) is 5.57.